The van der Waals surface area contributed by atoms with Crippen molar-refractivity contribution in [1.82, 2.24) is 4.31 Å². The SMILES string of the molecule is COC(=O)C(C(=O)OC)C1c2cc(Cl)ccc2C(O)(c2cc(C(C)(C)C)ccc2OC)CN1S(=O)(=O)c1ccc(C)cc1. The summed E-state index contributed by atoms with van der Waals surface area (Å²) in [6, 6.07) is 14.6. The minimum Gasteiger partial charge on any atom is -0.496 e. The fraction of sp³-hybridized carbons (Fsp3) is 0.375. The maximum absolute atomic E-state index is 14.5. The van der Waals surface area contributed by atoms with Gasteiger partial charge >= 0.3 is 11.9 Å². The second-order valence-electron chi connectivity index (χ2n) is 11.6. The number of aliphatic hydroxyl groups is 1. The first kappa shape index (κ1) is 32.5. The van der Waals surface area contributed by atoms with Crippen molar-refractivity contribution in [1.29, 1.82) is 0 Å². The van der Waals surface area contributed by atoms with E-state index in [1.165, 1.54) is 25.3 Å². The van der Waals surface area contributed by atoms with Gasteiger partial charge in [0.1, 0.15) is 11.4 Å². The summed E-state index contributed by atoms with van der Waals surface area (Å²) in [5.41, 5.74) is 0.0585. The van der Waals surface area contributed by atoms with E-state index in [1.807, 2.05) is 33.8 Å². The van der Waals surface area contributed by atoms with E-state index in [0.29, 0.717) is 11.3 Å². The Bertz CT molecular complexity index is 1630. The molecule has 0 radical (unpaired) electrons. The van der Waals surface area contributed by atoms with Crippen LogP contribution in [-0.4, -0.2) is 57.6 Å². The smallest absolute Gasteiger partial charge is 0.322 e. The lowest BCUT2D eigenvalue weighted by Crippen LogP contribution is -2.55. The lowest BCUT2D eigenvalue weighted by atomic mass is 9.74. The lowest BCUT2D eigenvalue weighted by molar-refractivity contribution is -0.162. The number of nitrogens with zero attached hydrogens (tertiary/aromatic N) is 1. The monoisotopic (exact) mass is 629 g/mol. The van der Waals surface area contributed by atoms with Gasteiger partial charge < -0.3 is 19.3 Å². The summed E-state index contributed by atoms with van der Waals surface area (Å²) in [6.45, 7) is 7.28. The van der Waals surface area contributed by atoms with Crippen molar-refractivity contribution < 1.29 is 37.3 Å². The van der Waals surface area contributed by atoms with Gasteiger partial charge in [0.2, 0.25) is 10.0 Å². The van der Waals surface area contributed by atoms with E-state index in [4.69, 9.17) is 25.8 Å². The maximum atomic E-state index is 14.5. The largest absolute Gasteiger partial charge is 0.496 e. The molecule has 4 rings (SSSR count). The van der Waals surface area contributed by atoms with Gasteiger partial charge in [0.25, 0.3) is 0 Å². The Balaban J connectivity index is 2.13. The molecule has 0 aromatic heterocycles. The average molecular weight is 630 g/mol. The van der Waals surface area contributed by atoms with Gasteiger partial charge in [0.05, 0.1) is 38.8 Å². The Morgan fingerprint density at radius 3 is 2.09 bits per heavy atom. The normalized spacial score (nSPS) is 19.1. The third-order valence-electron chi connectivity index (χ3n) is 7.84. The van der Waals surface area contributed by atoms with Crippen LogP contribution < -0.4 is 4.74 Å². The van der Waals surface area contributed by atoms with Crippen LogP contribution in [0.25, 0.3) is 0 Å². The first-order chi connectivity index (χ1) is 20.1. The van der Waals surface area contributed by atoms with Gasteiger partial charge in [0.15, 0.2) is 5.92 Å². The van der Waals surface area contributed by atoms with Crippen LogP contribution in [0, 0.1) is 12.8 Å². The number of carbonyl (C=O) groups is 2. The van der Waals surface area contributed by atoms with Gasteiger partial charge in [-0.15, -0.1) is 0 Å². The zero-order valence-electron chi connectivity index (χ0n) is 25.2. The zero-order chi connectivity index (χ0) is 31.9. The summed E-state index contributed by atoms with van der Waals surface area (Å²) in [5.74, 6) is -3.44. The molecule has 0 spiro atoms. The lowest BCUT2D eigenvalue weighted by Gasteiger charge is -2.46. The summed E-state index contributed by atoms with van der Waals surface area (Å²) in [4.78, 5) is 26.3. The highest BCUT2D eigenvalue weighted by atomic mass is 35.5. The van der Waals surface area contributed by atoms with E-state index in [-0.39, 0.29) is 26.5 Å². The molecular weight excluding hydrogens is 594 g/mol. The summed E-state index contributed by atoms with van der Waals surface area (Å²) in [7, 11) is -0.828. The molecule has 11 heteroatoms. The predicted molar refractivity (Wildman–Crippen MR) is 161 cm³/mol. The minimum absolute atomic E-state index is 0.0974. The van der Waals surface area contributed by atoms with E-state index >= 15 is 0 Å². The number of ether oxygens (including phenoxy) is 3. The summed E-state index contributed by atoms with van der Waals surface area (Å²) < 4.78 is 45.5. The highest BCUT2D eigenvalue weighted by Gasteiger charge is 2.55. The van der Waals surface area contributed by atoms with E-state index in [0.717, 1.165) is 29.7 Å². The minimum atomic E-state index is -4.48. The van der Waals surface area contributed by atoms with E-state index in [1.54, 1.807) is 36.4 Å². The van der Waals surface area contributed by atoms with Crippen molar-refractivity contribution in [3.63, 3.8) is 0 Å². The molecule has 1 aliphatic rings. The highest BCUT2D eigenvalue weighted by molar-refractivity contribution is 7.89. The molecule has 2 unspecified atom stereocenters. The van der Waals surface area contributed by atoms with Gasteiger partial charge in [-0.2, -0.15) is 4.31 Å². The Hall–Kier alpha value is -3.44. The molecule has 230 valence electrons. The van der Waals surface area contributed by atoms with Gasteiger partial charge in [-0.25, -0.2) is 8.42 Å². The van der Waals surface area contributed by atoms with Crippen molar-refractivity contribution >= 4 is 33.6 Å². The van der Waals surface area contributed by atoms with Crippen molar-refractivity contribution in [2.75, 3.05) is 27.9 Å². The van der Waals surface area contributed by atoms with E-state index < -0.39 is 46.1 Å². The topological polar surface area (TPSA) is 119 Å². The molecule has 3 aromatic rings. The number of aryl methyl sites for hydroxylation is 1. The second kappa shape index (κ2) is 11.9. The van der Waals surface area contributed by atoms with Crippen LogP contribution in [-0.2, 0) is 40.1 Å². The van der Waals surface area contributed by atoms with Gasteiger partial charge in [-0.05, 0) is 65.4 Å². The van der Waals surface area contributed by atoms with Crippen LogP contribution in [0.1, 0.15) is 54.6 Å². The number of esters is 2. The van der Waals surface area contributed by atoms with E-state index in [9.17, 15) is 23.1 Å². The molecule has 9 nitrogen and oxygen atoms in total. The van der Waals surface area contributed by atoms with Crippen molar-refractivity contribution in [2.45, 2.75) is 49.6 Å². The number of rotatable bonds is 7. The molecule has 0 saturated heterocycles. The number of halogens is 1. The summed E-state index contributed by atoms with van der Waals surface area (Å²) >= 11 is 6.45. The Labute approximate surface area is 257 Å². The Morgan fingerprint density at radius 1 is 0.953 bits per heavy atom. The first-order valence-corrected chi connectivity index (χ1v) is 15.4. The molecule has 0 fully saturated rings. The third-order valence-corrected chi connectivity index (χ3v) is 9.91. The van der Waals surface area contributed by atoms with Crippen molar-refractivity contribution in [3.8, 4) is 5.75 Å². The molecule has 1 aliphatic heterocycles. The van der Waals surface area contributed by atoms with Crippen LogP contribution in [0.15, 0.2) is 65.6 Å². The zero-order valence-corrected chi connectivity index (χ0v) is 26.7. The van der Waals surface area contributed by atoms with Crippen LogP contribution in [0.4, 0.5) is 0 Å². The van der Waals surface area contributed by atoms with Crippen LogP contribution in [0.2, 0.25) is 5.02 Å². The average Bonchev–Trinajstić information content (AvgIpc) is 2.97. The standard InChI is InChI=1S/C32H36ClNO8S/c1-19-8-12-22(13-9-19)43(38,39)34-18-32(37,25-16-20(31(2,3)4)10-15-26(25)40-5)24-14-11-21(33)17-23(24)28(34)27(29(35)41-6)30(36)42-7/h8-17,27-28,37H,18H2,1-7H3. The summed E-state index contributed by atoms with van der Waals surface area (Å²) in [6.07, 6.45) is 0. The quantitative estimate of drug-likeness (QED) is 0.290. The first-order valence-electron chi connectivity index (χ1n) is 13.6. The number of β-amino-alcohol motifs (C(OH)–C–C–N with tert-alkyl or cyclic N) is 1. The predicted octanol–water partition coefficient (Wildman–Crippen LogP) is 4.90. The van der Waals surface area contributed by atoms with Crippen molar-refractivity contribution in [3.05, 3.63) is 93.5 Å². The Kier molecular flexibility index (Phi) is 9.00. The molecule has 1 N–H and O–H groups in total. The molecule has 0 bridgehead atoms. The van der Waals surface area contributed by atoms with Crippen LogP contribution in [0.3, 0.4) is 0 Å². The third kappa shape index (κ3) is 5.89. The van der Waals surface area contributed by atoms with Gasteiger partial charge in [0, 0.05) is 10.6 Å². The molecule has 1 heterocycles. The second-order valence-corrected chi connectivity index (χ2v) is 13.9. The molecule has 0 amide bonds. The van der Waals surface area contributed by atoms with Crippen LogP contribution in [0.5, 0.6) is 5.75 Å². The number of carbonyl (C=O) groups excluding carboxylic acids is 2. The number of methoxy groups -OCH3 is 3. The molecule has 2 atom stereocenters. The molecular formula is C32H36ClNO8S. The number of benzene rings is 3. The maximum Gasteiger partial charge on any atom is 0.322 e. The molecule has 43 heavy (non-hydrogen) atoms. The number of fused-ring (bicyclic) bond motifs is 1. The van der Waals surface area contributed by atoms with Gasteiger partial charge in [-0.1, -0.05) is 62.2 Å². The number of sulfonamides is 1. The molecule has 0 saturated carbocycles. The highest BCUT2D eigenvalue weighted by Crippen LogP contribution is 2.50. The molecule has 0 aliphatic carbocycles. The van der Waals surface area contributed by atoms with Gasteiger partial charge in [-0.3, -0.25) is 9.59 Å². The Morgan fingerprint density at radius 2 is 1.56 bits per heavy atom. The fourth-order valence-corrected chi connectivity index (χ4v) is 7.30. The number of hydrogen-bond donors (Lipinski definition) is 1. The van der Waals surface area contributed by atoms with Crippen LogP contribution >= 0.6 is 11.6 Å². The summed E-state index contributed by atoms with van der Waals surface area (Å²) in [5, 5.41) is 12.9. The number of hydrogen-bond acceptors (Lipinski definition) is 8. The fourth-order valence-electron chi connectivity index (χ4n) is 5.48. The molecule has 3 aromatic carbocycles. The van der Waals surface area contributed by atoms with E-state index in [2.05, 4.69) is 0 Å². The van der Waals surface area contributed by atoms with Crippen molar-refractivity contribution in [2.24, 2.45) is 5.92 Å².